The molecule has 0 aliphatic rings. The maximum atomic E-state index is 10.9. The molecule has 18 heavy (non-hydrogen) atoms. The summed E-state index contributed by atoms with van der Waals surface area (Å²) in [5.74, 6) is -0.666. The van der Waals surface area contributed by atoms with Crippen molar-refractivity contribution < 1.29 is 19.1 Å². The first-order valence-electron chi connectivity index (χ1n) is 5.07. The Hall–Kier alpha value is -2.01. The Morgan fingerprint density at radius 3 is 2.78 bits per heavy atom. The summed E-state index contributed by atoms with van der Waals surface area (Å²) < 4.78 is 10.4. The Bertz CT molecular complexity index is 606. The predicted molar refractivity (Wildman–Crippen MR) is 65.2 cm³/mol. The number of halogens is 1. The normalized spacial score (nSPS) is 10.4. The standard InChI is InChI=1S/C12H10ClNO4/c1-6-10(12(15)16)18-11(14-6)8-4-3-7(13)5-9(8)17-2/h3-5H,1-2H3,(H,15,16). The molecule has 0 saturated carbocycles. The number of nitrogens with zero attached hydrogens (tertiary/aromatic N) is 1. The highest BCUT2D eigenvalue weighted by atomic mass is 35.5. The van der Waals surface area contributed by atoms with Crippen LogP contribution in [0.2, 0.25) is 5.02 Å². The van der Waals surface area contributed by atoms with Crippen molar-refractivity contribution in [2.24, 2.45) is 0 Å². The second-order valence-corrected chi connectivity index (χ2v) is 4.02. The number of carboxylic acids is 1. The molecule has 2 rings (SSSR count). The van der Waals surface area contributed by atoms with E-state index in [1.807, 2.05) is 0 Å². The Morgan fingerprint density at radius 1 is 1.50 bits per heavy atom. The average molecular weight is 268 g/mol. The lowest BCUT2D eigenvalue weighted by Gasteiger charge is -2.05. The number of hydrogen-bond donors (Lipinski definition) is 1. The van der Waals surface area contributed by atoms with Gasteiger partial charge in [-0.15, -0.1) is 0 Å². The van der Waals surface area contributed by atoms with E-state index >= 15 is 0 Å². The van der Waals surface area contributed by atoms with Crippen LogP contribution >= 0.6 is 11.6 Å². The van der Waals surface area contributed by atoms with Gasteiger partial charge in [0.1, 0.15) is 5.75 Å². The number of aromatic nitrogens is 1. The van der Waals surface area contributed by atoms with Crippen LogP contribution in [-0.2, 0) is 0 Å². The molecular formula is C12H10ClNO4. The predicted octanol–water partition coefficient (Wildman–Crippen LogP) is 3.01. The molecule has 5 nitrogen and oxygen atoms in total. The lowest BCUT2D eigenvalue weighted by atomic mass is 10.2. The van der Waals surface area contributed by atoms with Gasteiger partial charge < -0.3 is 14.3 Å². The molecule has 0 unspecified atom stereocenters. The third kappa shape index (κ3) is 2.17. The number of oxazole rings is 1. The van der Waals surface area contributed by atoms with E-state index < -0.39 is 5.97 Å². The lowest BCUT2D eigenvalue weighted by Crippen LogP contribution is -1.95. The van der Waals surface area contributed by atoms with Gasteiger partial charge >= 0.3 is 5.97 Å². The number of hydrogen-bond acceptors (Lipinski definition) is 4. The summed E-state index contributed by atoms with van der Waals surface area (Å²) in [6, 6.07) is 4.92. The summed E-state index contributed by atoms with van der Waals surface area (Å²) in [5, 5.41) is 9.42. The zero-order chi connectivity index (χ0) is 13.3. The Morgan fingerprint density at radius 2 is 2.22 bits per heavy atom. The molecule has 0 amide bonds. The zero-order valence-corrected chi connectivity index (χ0v) is 10.5. The maximum Gasteiger partial charge on any atom is 0.373 e. The van der Waals surface area contributed by atoms with Gasteiger partial charge in [-0.2, -0.15) is 0 Å². The van der Waals surface area contributed by atoms with E-state index in [0.717, 1.165) is 0 Å². The second-order valence-electron chi connectivity index (χ2n) is 3.58. The van der Waals surface area contributed by atoms with Gasteiger partial charge in [0, 0.05) is 5.02 Å². The van der Waals surface area contributed by atoms with E-state index in [-0.39, 0.29) is 11.7 Å². The van der Waals surface area contributed by atoms with E-state index in [0.29, 0.717) is 22.0 Å². The maximum absolute atomic E-state index is 10.9. The average Bonchev–Trinajstić information content (AvgIpc) is 2.71. The first-order chi connectivity index (χ1) is 8.52. The van der Waals surface area contributed by atoms with Crippen LogP contribution < -0.4 is 4.74 Å². The fourth-order valence-corrected chi connectivity index (χ4v) is 1.71. The zero-order valence-electron chi connectivity index (χ0n) is 9.73. The molecule has 2 aromatic rings. The summed E-state index contributed by atoms with van der Waals surface area (Å²) in [4.78, 5) is 15.0. The number of benzene rings is 1. The van der Waals surface area contributed by atoms with Crippen LogP contribution in [0.5, 0.6) is 5.75 Å². The van der Waals surface area contributed by atoms with Gasteiger partial charge in [-0.1, -0.05) is 11.6 Å². The molecular weight excluding hydrogens is 258 g/mol. The third-order valence-electron chi connectivity index (χ3n) is 2.38. The van der Waals surface area contributed by atoms with Crippen LogP contribution in [0, 0.1) is 6.92 Å². The summed E-state index contributed by atoms with van der Waals surface area (Å²) >= 11 is 5.84. The molecule has 0 atom stereocenters. The Labute approximate surface area is 108 Å². The van der Waals surface area contributed by atoms with Gasteiger partial charge in [0.2, 0.25) is 11.7 Å². The van der Waals surface area contributed by atoms with Crippen molar-refractivity contribution >= 4 is 17.6 Å². The lowest BCUT2D eigenvalue weighted by molar-refractivity contribution is 0.0662. The molecule has 6 heteroatoms. The molecule has 0 fully saturated rings. The molecule has 1 aromatic heterocycles. The van der Waals surface area contributed by atoms with Crippen molar-refractivity contribution in [2.45, 2.75) is 6.92 Å². The van der Waals surface area contributed by atoms with Crippen LogP contribution in [-0.4, -0.2) is 23.2 Å². The molecule has 1 N–H and O–H groups in total. The molecule has 0 aliphatic carbocycles. The minimum absolute atomic E-state index is 0.179. The molecule has 0 radical (unpaired) electrons. The van der Waals surface area contributed by atoms with Crippen LogP contribution in [0.4, 0.5) is 0 Å². The van der Waals surface area contributed by atoms with Crippen molar-refractivity contribution in [3.05, 3.63) is 34.7 Å². The number of aromatic carboxylic acids is 1. The third-order valence-corrected chi connectivity index (χ3v) is 2.62. The molecule has 0 spiro atoms. The van der Waals surface area contributed by atoms with Gasteiger partial charge in [-0.05, 0) is 25.1 Å². The van der Waals surface area contributed by atoms with Crippen molar-refractivity contribution in [2.75, 3.05) is 7.11 Å². The fourth-order valence-electron chi connectivity index (χ4n) is 1.55. The van der Waals surface area contributed by atoms with Crippen LogP contribution in [0.15, 0.2) is 22.6 Å². The van der Waals surface area contributed by atoms with Crippen LogP contribution in [0.3, 0.4) is 0 Å². The Kier molecular flexibility index (Phi) is 3.25. The summed E-state index contributed by atoms with van der Waals surface area (Å²) in [6.07, 6.45) is 0. The minimum Gasteiger partial charge on any atom is -0.496 e. The van der Waals surface area contributed by atoms with Crippen molar-refractivity contribution in [3.63, 3.8) is 0 Å². The van der Waals surface area contributed by atoms with Gasteiger partial charge in [0.05, 0.1) is 18.4 Å². The number of methoxy groups -OCH3 is 1. The molecule has 0 saturated heterocycles. The van der Waals surface area contributed by atoms with Gasteiger partial charge in [0.15, 0.2) is 0 Å². The molecule has 0 aliphatic heterocycles. The highest BCUT2D eigenvalue weighted by molar-refractivity contribution is 6.30. The highest BCUT2D eigenvalue weighted by Gasteiger charge is 2.19. The summed E-state index contributed by atoms with van der Waals surface area (Å²) in [6.45, 7) is 1.57. The minimum atomic E-state index is -1.15. The highest BCUT2D eigenvalue weighted by Crippen LogP contribution is 2.32. The monoisotopic (exact) mass is 267 g/mol. The largest absolute Gasteiger partial charge is 0.496 e. The number of aryl methyl sites for hydroxylation is 1. The first-order valence-corrected chi connectivity index (χ1v) is 5.45. The summed E-state index contributed by atoms with van der Waals surface area (Å²) in [7, 11) is 1.49. The van der Waals surface area contributed by atoms with Crippen LogP contribution in [0.1, 0.15) is 16.2 Å². The molecule has 94 valence electrons. The van der Waals surface area contributed by atoms with E-state index in [4.69, 9.17) is 25.9 Å². The van der Waals surface area contributed by atoms with E-state index in [1.165, 1.54) is 7.11 Å². The van der Waals surface area contributed by atoms with Crippen LogP contribution in [0.25, 0.3) is 11.5 Å². The SMILES string of the molecule is COc1cc(Cl)ccc1-c1nc(C)c(C(=O)O)o1. The fraction of sp³-hybridized carbons (Fsp3) is 0.167. The number of carboxylic acid groups (broad SMARTS) is 1. The van der Waals surface area contributed by atoms with E-state index in [9.17, 15) is 4.79 Å². The van der Waals surface area contributed by atoms with Crippen molar-refractivity contribution in [3.8, 4) is 17.2 Å². The number of carbonyl (C=O) groups is 1. The van der Waals surface area contributed by atoms with Crippen molar-refractivity contribution in [1.29, 1.82) is 0 Å². The summed E-state index contributed by atoms with van der Waals surface area (Å²) in [5.41, 5.74) is 0.868. The second kappa shape index (κ2) is 4.70. The first kappa shape index (κ1) is 12.4. The van der Waals surface area contributed by atoms with E-state index in [2.05, 4.69) is 4.98 Å². The molecule has 1 heterocycles. The van der Waals surface area contributed by atoms with Crippen molar-refractivity contribution in [1.82, 2.24) is 4.98 Å². The van der Waals surface area contributed by atoms with E-state index in [1.54, 1.807) is 25.1 Å². The molecule has 1 aromatic carbocycles. The quantitative estimate of drug-likeness (QED) is 0.925. The molecule has 0 bridgehead atoms. The topological polar surface area (TPSA) is 72.6 Å². The van der Waals surface area contributed by atoms with Gasteiger partial charge in [-0.3, -0.25) is 0 Å². The van der Waals surface area contributed by atoms with Gasteiger partial charge in [0.25, 0.3) is 0 Å². The number of rotatable bonds is 3. The smallest absolute Gasteiger partial charge is 0.373 e. The Balaban J connectivity index is 2.55. The van der Waals surface area contributed by atoms with Gasteiger partial charge in [-0.25, -0.2) is 9.78 Å². The number of ether oxygens (including phenoxy) is 1.